The van der Waals surface area contributed by atoms with Gasteiger partial charge < -0.3 is 15.2 Å². The maximum atomic E-state index is 12.9. The first-order valence-corrected chi connectivity index (χ1v) is 10.1. The van der Waals surface area contributed by atoms with Crippen LogP contribution in [0.15, 0.2) is 35.3 Å². The number of nitrogens with zero attached hydrogens (tertiary/aromatic N) is 1. The monoisotopic (exact) mass is 417 g/mol. The summed E-state index contributed by atoms with van der Waals surface area (Å²) in [5, 5.41) is 5.76. The lowest BCUT2D eigenvalue weighted by atomic mass is 10.1. The Bertz CT molecular complexity index is 964. The summed E-state index contributed by atoms with van der Waals surface area (Å²) in [7, 11) is 0. The third kappa shape index (κ3) is 5.94. The molecule has 0 fully saturated rings. The van der Waals surface area contributed by atoms with Crippen molar-refractivity contribution in [3.63, 3.8) is 0 Å². The Hall–Kier alpha value is -2.60. The second kappa shape index (κ2) is 9.74. The number of rotatable bonds is 7. The van der Waals surface area contributed by atoms with E-state index in [2.05, 4.69) is 24.5 Å². The van der Waals surface area contributed by atoms with Crippen LogP contribution in [0.4, 0.5) is 5.69 Å². The predicted molar refractivity (Wildman–Crippen MR) is 117 cm³/mol. The second-order valence-electron chi connectivity index (χ2n) is 7.83. The van der Waals surface area contributed by atoms with E-state index in [0.29, 0.717) is 23.6 Å². The van der Waals surface area contributed by atoms with Crippen molar-refractivity contribution >= 4 is 29.1 Å². The van der Waals surface area contributed by atoms with Gasteiger partial charge in [0.25, 0.3) is 17.4 Å². The molecular formula is C22H28ClN3O3. The molecule has 0 aliphatic carbocycles. The average Bonchev–Trinajstić information content (AvgIpc) is 2.62. The van der Waals surface area contributed by atoms with E-state index in [9.17, 15) is 14.4 Å². The molecule has 0 atom stereocenters. The molecule has 156 valence electrons. The van der Waals surface area contributed by atoms with E-state index in [1.165, 1.54) is 6.07 Å². The van der Waals surface area contributed by atoms with Crippen molar-refractivity contribution in [3.05, 3.63) is 62.5 Å². The normalized spacial score (nSPS) is 11.0. The number of aryl methyl sites for hydroxylation is 2. The summed E-state index contributed by atoms with van der Waals surface area (Å²) in [6, 6.07) is 6.37. The lowest BCUT2D eigenvalue weighted by Crippen LogP contribution is -2.31. The van der Waals surface area contributed by atoms with Crippen molar-refractivity contribution < 1.29 is 9.59 Å². The van der Waals surface area contributed by atoms with Crippen LogP contribution in [0.2, 0.25) is 5.02 Å². The third-order valence-electron chi connectivity index (χ3n) is 4.44. The molecule has 6 nitrogen and oxygen atoms in total. The number of carbonyl (C=O) groups is 2. The number of aromatic nitrogens is 1. The third-order valence-corrected chi connectivity index (χ3v) is 4.77. The predicted octanol–water partition coefficient (Wildman–Crippen LogP) is 4.25. The number of pyridine rings is 1. The molecule has 0 spiro atoms. The van der Waals surface area contributed by atoms with Gasteiger partial charge in [0, 0.05) is 24.3 Å². The summed E-state index contributed by atoms with van der Waals surface area (Å²) in [6.07, 6.45) is 2.55. The maximum absolute atomic E-state index is 12.9. The molecule has 29 heavy (non-hydrogen) atoms. The zero-order valence-corrected chi connectivity index (χ0v) is 18.3. The summed E-state index contributed by atoms with van der Waals surface area (Å²) >= 11 is 6.20. The highest BCUT2D eigenvalue weighted by Gasteiger charge is 2.18. The van der Waals surface area contributed by atoms with Gasteiger partial charge in [-0.25, -0.2) is 0 Å². The molecule has 0 aliphatic heterocycles. The summed E-state index contributed by atoms with van der Waals surface area (Å²) in [5.41, 5.74) is 0.970. The molecule has 2 rings (SSSR count). The number of hydrogen-bond acceptors (Lipinski definition) is 3. The molecule has 0 bridgehead atoms. The van der Waals surface area contributed by atoms with Crippen molar-refractivity contribution in [2.75, 3.05) is 5.32 Å². The number of carbonyl (C=O) groups excluding carboxylic acids is 2. The van der Waals surface area contributed by atoms with Gasteiger partial charge in [-0.2, -0.15) is 0 Å². The van der Waals surface area contributed by atoms with Crippen molar-refractivity contribution in [2.45, 2.75) is 53.6 Å². The average molecular weight is 418 g/mol. The lowest BCUT2D eigenvalue weighted by molar-refractivity contribution is 0.0941. The fourth-order valence-corrected chi connectivity index (χ4v) is 2.97. The molecule has 2 amide bonds. The first-order chi connectivity index (χ1) is 13.6. The van der Waals surface area contributed by atoms with Crippen molar-refractivity contribution in [1.82, 2.24) is 9.88 Å². The molecule has 7 heteroatoms. The Morgan fingerprint density at radius 2 is 1.79 bits per heavy atom. The topological polar surface area (TPSA) is 80.2 Å². The molecule has 2 aromatic rings. The molecule has 0 saturated heterocycles. The van der Waals surface area contributed by atoms with Gasteiger partial charge in [0.05, 0.1) is 10.7 Å². The molecular weight excluding hydrogens is 390 g/mol. The molecule has 0 saturated carbocycles. The van der Waals surface area contributed by atoms with Crippen LogP contribution in [-0.4, -0.2) is 22.4 Å². The summed E-state index contributed by atoms with van der Waals surface area (Å²) in [6.45, 7) is 10.1. The first-order valence-electron chi connectivity index (χ1n) is 9.72. The van der Waals surface area contributed by atoms with Crippen molar-refractivity contribution in [1.29, 1.82) is 0 Å². The fourth-order valence-electron chi connectivity index (χ4n) is 2.81. The van der Waals surface area contributed by atoms with E-state index in [1.807, 2.05) is 13.8 Å². The van der Waals surface area contributed by atoms with Gasteiger partial charge in [-0.3, -0.25) is 14.4 Å². The van der Waals surface area contributed by atoms with Gasteiger partial charge in [-0.1, -0.05) is 25.4 Å². The van der Waals surface area contributed by atoms with Crippen LogP contribution >= 0.6 is 11.6 Å². The Morgan fingerprint density at radius 3 is 2.41 bits per heavy atom. The zero-order chi connectivity index (χ0) is 21.7. The number of anilines is 1. The Balaban J connectivity index is 2.32. The lowest BCUT2D eigenvalue weighted by Gasteiger charge is -2.14. The van der Waals surface area contributed by atoms with Crippen LogP contribution < -0.4 is 16.2 Å². The van der Waals surface area contributed by atoms with Gasteiger partial charge in [0.2, 0.25) is 0 Å². The zero-order valence-electron chi connectivity index (χ0n) is 17.5. The first kappa shape index (κ1) is 22.7. The van der Waals surface area contributed by atoms with Crippen LogP contribution in [0.5, 0.6) is 0 Å². The van der Waals surface area contributed by atoms with E-state index in [0.717, 1.165) is 6.42 Å². The highest BCUT2D eigenvalue weighted by molar-refractivity contribution is 6.34. The minimum Gasteiger partial charge on any atom is -0.350 e. The van der Waals surface area contributed by atoms with Crippen LogP contribution in [0.3, 0.4) is 0 Å². The highest BCUT2D eigenvalue weighted by atomic mass is 35.5. The highest BCUT2D eigenvalue weighted by Crippen LogP contribution is 2.24. The fraction of sp³-hybridized carbons (Fsp3) is 0.409. The summed E-state index contributed by atoms with van der Waals surface area (Å²) in [5.74, 6) is -0.368. The molecule has 1 heterocycles. The smallest absolute Gasteiger partial charge is 0.263 e. The quantitative estimate of drug-likeness (QED) is 0.706. The Labute approximate surface area is 176 Å². The number of nitrogens with one attached hydrogen (secondary N) is 2. The van der Waals surface area contributed by atoms with Crippen LogP contribution in [-0.2, 0) is 6.54 Å². The molecule has 1 aromatic carbocycles. The Morgan fingerprint density at radius 1 is 1.10 bits per heavy atom. The number of hydrogen-bond donors (Lipinski definition) is 2. The standard InChI is InChI=1S/C22H28ClN3O3/c1-13(2)8-10-26-11-9-15(5)19(22(26)29)21(28)25-18-12-16(6-7-17(18)23)20(27)24-14(3)4/h6-7,9,11-14H,8,10H2,1-5H3,(H,24,27)(H,25,28). The molecule has 0 radical (unpaired) electrons. The number of benzene rings is 1. The van der Waals surface area contributed by atoms with Crippen LogP contribution in [0.25, 0.3) is 0 Å². The molecule has 0 unspecified atom stereocenters. The Kier molecular flexibility index (Phi) is 7.62. The van der Waals surface area contributed by atoms with Gasteiger partial charge in [-0.05, 0) is 62.9 Å². The van der Waals surface area contributed by atoms with E-state index < -0.39 is 5.91 Å². The SMILES string of the molecule is Cc1ccn(CCC(C)C)c(=O)c1C(=O)Nc1cc(C(=O)NC(C)C)ccc1Cl. The van der Waals surface area contributed by atoms with E-state index in [4.69, 9.17) is 11.6 Å². The summed E-state index contributed by atoms with van der Waals surface area (Å²) < 4.78 is 1.55. The summed E-state index contributed by atoms with van der Waals surface area (Å²) in [4.78, 5) is 37.9. The molecule has 1 aromatic heterocycles. The van der Waals surface area contributed by atoms with E-state index in [-0.39, 0.29) is 33.8 Å². The van der Waals surface area contributed by atoms with Gasteiger partial charge in [0.1, 0.15) is 5.56 Å². The van der Waals surface area contributed by atoms with Crippen LogP contribution in [0.1, 0.15) is 60.4 Å². The van der Waals surface area contributed by atoms with Crippen LogP contribution in [0, 0.1) is 12.8 Å². The minimum absolute atomic E-state index is 0.0208. The van der Waals surface area contributed by atoms with Gasteiger partial charge in [-0.15, -0.1) is 0 Å². The van der Waals surface area contributed by atoms with Crippen molar-refractivity contribution in [2.24, 2.45) is 5.92 Å². The molecule has 2 N–H and O–H groups in total. The van der Waals surface area contributed by atoms with Gasteiger partial charge >= 0.3 is 0 Å². The number of amides is 2. The minimum atomic E-state index is -0.547. The maximum Gasteiger partial charge on any atom is 0.263 e. The van der Waals surface area contributed by atoms with E-state index in [1.54, 1.807) is 35.9 Å². The second-order valence-corrected chi connectivity index (χ2v) is 8.24. The van der Waals surface area contributed by atoms with E-state index >= 15 is 0 Å². The van der Waals surface area contributed by atoms with Crippen molar-refractivity contribution in [3.8, 4) is 0 Å². The largest absolute Gasteiger partial charge is 0.350 e. The number of halogens is 1. The molecule has 0 aliphatic rings. The van der Waals surface area contributed by atoms with Gasteiger partial charge in [0.15, 0.2) is 0 Å².